The molecule has 1 saturated carbocycles. The number of aryl methyl sites for hydroxylation is 1. The van der Waals surface area contributed by atoms with Gasteiger partial charge in [-0.2, -0.15) is 0 Å². The molecule has 1 heterocycles. The van der Waals surface area contributed by atoms with Gasteiger partial charge in [0, 0.05) is 12.2 Å². The molecule has 1 fully saturated rings. The summed E-state index contributed by atoms with van der Waals surface area (Å²) in [5, 5.41) is 11.7. The van der Waals surface area contributed by atoms with Crippen LogP contribution < -0.4 is 5.32 Å². The first kappa shape index (κ1) is 17.4. The maximum atomic E-state index is 12.0. The molecule has 128 valence electrons. The van der Waals surface area contributed by atoms with Crippen LogP contribution in [0.5, 0.6) is 0 Å². The third-order valence-corrected chi connectivity index (χ3v) is 6.34. The maximum absolute atomic E-state index is 12.0. The lowest BCUT2D eigenvalue weighted by Gasteiger charge is -2.07. The molecule has 1 aliphatic carbocycles. The van der Waals surface area contributed by atoms with Crippen LogP contribution in [0, 0.1) is 5.92 Å². The van der Waals surface area contributed by atoms with Gasteiger partial charge in [-0.25, -0.2) is 0 Å². The average Bonchev–Trinajstić information content (AvgIpc) is 3.26. The summed E-state index contributed by atoms with van der Waals surface area (Å²) in [5.74, 6) is 1.78. The quantitative estimate of drug-likeness (QED) is 0.543. The van der Waals surface area contributed by atoms with Gasteiger partial charge in [0.2, 0.25) is 11.0 Å². The molecule has 0 atom stereocenters. The molecule has 0 radical (unpaired) electrons. The molecule has 0 bridgehead atoms. The monoisotopic (exact) mass is 361 g/mol. The first-order chi connectivity index (χ1) is 11.8. The Morgan fingerprint density at radius 3 is 2.79 bits per heavy atom. The number of benzene rings is 1. The Bertz CT molecular complexity index is 639. The SMILES string of the molecule is O=C(CCC1CCCC1)Nc1nnc(SCCc2ccccc2)s1. The van der Waals surface area contributed by atoms with E-state index in [0.717, 1.165) is 28.9 Å². The summed E-state index contributed by atoms with van der Waals surface area (Å²) in [6.07, 6.45) is 7.83. The van der Waals surface area contributed by atoms with Crippen molar-refractivity contribution < 1.29 is 4.79 Å². The van der Waals surface area contributed by atoms with Gasteiger partial charge in [0.15, 0.2) is 4.34 Å². The number of rotatable bonds is 8. The number of hydrogen-bond donors (Lipinski definition) is 1. The fourth-order valence-corrected chi connectivity index (χ4v) is 4.86. The van der Waals surface area contributed by atoms with Gasteiger partial charge in [0.25, 0.3) is 0 Å². The molecule has 6 heteroatoms. The van der Waals surface area contributed by atoms with Crippen LogP contribution in [0.4, 0.5) is 5.13 Å². The molecule has 0 aliphatic heterocycles. The highest BCUT2D eigenvalue weighted by Crippen LogP contribution is 2.29. The van der Waals surface area contributed by atoms with Crippen LogP contribution in [0.3, 0.4) is 0 Å². The van der Waals surface area contributed by atoms with Crippen LogP contribution in [-0.2, 0) is 11.2 Å². The minimum atomic E-state index is 0.0684. The fraction of sp³-hybridized carbons (Fsp3) is 0.500. The zero-order valence-corrected chi connectivity index (χ0v) is 15.4. The maximum Gasteiger partial charge on any atom is 0.226 e. The third kappa shape index (κ3) is 5.60. The van der Waals surface area contributed by atoms with E-state index >= 15 is 0 Å². The summed E-state index contributed by atoms with van der Waals surface area (Å²) in [4.78, 5) is 12.0. The van der Waals surface area contributed by atoms with Gasteiger partial charge in [-0.15, -0.1) is 10.2 Å². The van der Waals surface area contributed by atoms with E-state index in [0.29, 0.717) is 11.6 Å². The molecule has 1 aromatic heterocycles. The Labute approximate surface area is 151 Å². The van der Waals surface area contributed by atoms with Crippen molar-refractivity contribution in [2.45, 2.75) is 49.3 Å². The predicted octanol–water partition coefficient (Wildman–Crippen LogP) is 4.78. The molecule has 3 rings (SSSR count). The molecule has 1 amide bonds. The Hall–Kier alpha value is -1.40. The molecular weight excluding hydrogens is 338 g/mol. The third-order valence-electron chi connectivity index (χ3n) is 4.37. The van der Waals surface area contributed by atoms with Gasteiger partial charge >= 0.3 is 0 Å². The van der Waals surface area contributed by atoms with Crippen molar-refractivity contribution in [2.24, 2.45) is 5.92 Å². The van der Waals surface area contributed by atoms with E-state index in [1.165, 1.54) is 42.6 Å². The van der Waals surface area contributed by atoms with Crippen LogP contribution in [-0.4, -0.2) is 21.9 Å². The fourth-order valence-electron chi connectivity index (χ4n) is 3.04. The van der Waals surface area contributed by atoms with Crippen LogP contribution >= 0.6 is 23.1 Å². The highest BCUT2D eigenvalue weighted by molar-refractivity contribution is 8.01. The van der Waals surface area contributed by atoms with Gasteiger partial charge in [0.05, 0.1) is 0 Å². The largest absolute Gasteiger partial charge is 0.301 e. The first-order valence-corrected chi connectivity index (χ1v) is 10.4. The number of nitrogens with zero attached hydrogens (tertiary/aromatic N) is 2. The Balaban J connectivity index is 1.37. The average molecular weight is 362 g/mol. The highest BCUT2D eigenvalue weighted by atomic mass is 32.2. The molecule has 0 spiro atoms. The second kappa shape index (κ2) is 9.18. The van der Waals surface area contributed by atoms with E-state index in [4.69, 9.17) is 0 Å². The Morgan fingerprint density at radius 1 is 1.21 bits per heavy atom. The first-order valence-electron chi connectivity index (χ1n) is 8.59. The highest BCUT2D eigenvalue weighted by Gasteiger charge is 2.16. The minimum Gasteiger partial charge on any atom is -0.301 e. The van der Waals surface area contributed by atoms with Crippen LogP contribution in [0.25, 0.3) is 0 Å². The van der Waals surface area contributed by atoms with E-state index < -0.39 is 0 Å². The van der Waals surface area contributed by atoms with E-state index in [1.54, 1.807) is 11.8 Å². The second-order valence-corrected chi connectivity index (χ2v) is 8.51. The number of aromatic nitrogens is 2. The van der Waals surface area contributed by atoms with Gasteiger partial charge in [-0.1, -0.05) is 79.1 Å². The van der Waals surface area contributed by atoms with Crippen molar-refractivity contribution in [3.63, 3.8) is 0 Å². The summed E-state index contributed by atoms with van der Waals surface area (Å²) in [6, 6.07) is 10.4. The van der Waals surface area contributed by atoms with Crippen molar-refractivity contribution in [3.05, 3.63) is 35.9 Å². The molecule has 2 aromatic rings. The van der Waals surface area contributed by atoms with Gasteiger partial charge < -0.3 is 5.32 Å². The van der Waals surface area contributed by atoms with Crippen molar-refractivity contribution in [2.75, 3.05) is 11.1 Å². The summed E-state index contributed by atoms with van der Waals surface area (Å²) in [7, 11) is 0. The molecule has 0 saturated heterocycles. The number of amides is 1. The summed E-state index contributed by atoms with van der Waals surface area (Å²) in [6.45, 7) is 0. The van der Waals surface area contributed by atoms with Crippen molar-refractivity contribution in [1.82, 2.24) is 10.2 Å². The predicted molar refractivity (Wildman–Crippen MR) is 101 cm³/mol. The van der Waals surface area contributed by atoms with E-state index in [-0.39, 0.29) is 5.91 Å². The smallest absolute Gasteiger partial charge is 0.226 e. The number of hydrogen-bond acceptors (Lipinski definition) is 5. The number of carbonyl (C=O) groups is 1. The molecular formula is C18H23N3OS2. The van der Waals surface area contributed by atoms with Gasteiger partial charge in [-0.05, 0) is 24.3 Å². The normalized spacial score (nSPS) is 14.8. The van der Waals surface area contributed by atoms with Gasteiger partial charge in [-0.3, -0.25) is 4.79 Å². The standard InChI is InChI=1S/C18H23N3OS2/c22-16(11-10-14-8-4-5-9-14)19-17-20-21-18(24-17)23-13-12-15-6-2-1-3-7-15/h1-3,6-7,14H,4-5,8-13H2,(H,19,20,22). The molecule has 1 aliphatic rings. The minimum absolute atomic E-state index is 0.0684. The van der Waals surface area contributed by atoms with Crippen molar-refractivity contribution in [1.29, 1.82) is 0 Å². The Morgan fingerprint density at radius 2 is 2.00 bits per heavy atom. The van der Waals surface area contributed by atoms with Crippen LogP contribution in [0.2, 0.25) is 0 Å². The van der Waals surface area contributed by atoms with E-state index in [2.05, 4.69) is 39.8 Å². The number of nitrogens with one attached hydrogen (secondary N) is 1. The summed E-state index contributed by atoms with van der Waals surface area (Å²) in [5.41, 5.74) is 1.33. The zero-order chi connectivity index (χ0) is 16.6. The Kier molecular flexibility index (Phi) is 6.66. The number of anilines is 1. The molecule has 0 unspecified atom stereocenters. The lowest BCUT2D eigenvalue weighted by molar-refractivity contribution is -0.116. The van der Waals surface area contributed by atoms with E-state index in [1.807, 2.05) is 6.07 Å². The zero-order valence-electron chi connectivity index (χ0n) is 13.7. The summed E-state index contributed by atoms with van der Waals surface area (Å²) < 4.78 is 0.914. The molecule has 1 aromatic carbocycles. The topological polar surface area (TPSA) is 54.9 Å². The van der Waals surface area contributed by atoms with Crippen molar-refractivity contribution in [3.8, 4) is 0 Å². The van der Waals surface area contributed by atoms with Crippen LogP contribution in [0.15, 0.2) is 34.7 Å². The number of thioether (sulfide) groups is 1. The van der Waals surface area contributed by atoms with Crippen LogP contribution in [0.1, 0.15) is 44.1 Å². The summed E-state index contributed by atoms with van der Waals surface area (Å²) >= 11 is 3.15. The molecule has 24 heavy (non-hydrogen) atoms. The van der Waals surface area contributed by atoms with E-state index in [9.17, 15) is 4.79 Å². The molecule has 4 nitrogen and oxygen atoms in total. The lowest BCUT2D eigenvalue weighted by Crippen LogP contribution is -2.12. The van der Waals surface area contributed by atoms with Gasteiger partial charge in [0.1, 0.15) is 0 Å². The van der Waals surface area contributed by atoms with Crippen molar-refractivity contribution >= 4 is 34.1 Å². The lowest BCUT2D eigenvalue weighted by atomic mass is 10.0. The number of carbonyl (C=O) groups excluding carboxylic acids is 1. The second-order valence-electron chi connectivity index (χ2n) is 6.19. The molecule has 1 N–H and O–H groups in total.